The molecule has 128 valence electrons. The van der Waals surface area contributed by atoms with Crippen molar-refractivity contribution in [2.75, 3.05) is 15.9 Å². The summed E-state index contributed by atoms with van der Waals surface area (Å²) >= 11 is 3.34. The molecule has 0 fully saturated rings. The Morgan fingerprint density at radius 1 is 1.17 bits per heavy atom. The van der Waals surface area contributed by atoms with E-state index in [0.29, 0.717) is 11.4 Å². The van der Waals surface area contributed by atoms with E-state index in [9.17, 15) is 13.2 Å². The van der Waals surface area contributed by atoms with E-state index in [0.717, 1.165) is 20.6 Å². The normalized spacial score (nSPS) is 12.5. The molecule has 0 saturated carbocycles. The summed E-state index contributed by atoms with van der Waals surface area (Å²) in [5.41, 5.74) is 2.07. The molecule has 0 aliphatic carbocycles. The summed E-state index contributed by atoms with van der Waals surface area (Å²) in [5.74, 6) is -0.404. The zero-order valence-corrected chi connectivity index (χ0v) is 16.1. The molecule has 0 spiro atoms. The van der Waals surface area contributed by atoms with Crippen molar-refractivity contribution in [1.29, 1.82) is 0 Å². The molecule has 0 aliphatic heterocycles. The molecule has 0 aliphatic rings. The van der Waals surface area contributed by atoms with Crippen molar-refractivity contribution in [3.63, 3.8) is 0 Å². The number of carbonyl (C=O) groups is 1. The number of nitrogens with zero attached hydrogens (tertiary/aromatic N) is 1. The molecule has 0 bridgehead atoms. The number of carbonyl (C=O) groups excluding carboxylic acids is 1. The highest BCUT2D eigenvalue weighted by Crippen LogP contribution is 2.22. The molecule has 2 aromatic rings. The lowest BCUT2D eigenvalue weighted by molar-refractivity contribution is -0.116. The zero-order valence-electron chi connectivity index (χ0n) is 13.7. The summed E-state index contributed by atoms with van der Waals surface area (Å²) in [5, 5.41) is 2.74. The predicted octanol–water partition coefficient (Wildman–Crippen LogP) is 3.55. The number of sulfonamides is 1. The molecule has 24 heavy (non-hydrogen) atoms. The van der Waals surface area contributed by atoms with E-state index < -0.39 is 22.0 Å². The SMILES string of the molecule is Cc1ccc(N([C@H](C)C(=O)Nc2cccc(Br)c2)S(C)(=O)=O)cc1. The second kappa shape index (κ2) is 7.36. The van der Waals surface area contributed by atoms with Gasteiger partial charge in [0.2, 0.25) is 15.9 Å². The van der Waals surface area contributed by atoms with Gasteiger partial charge >= 0.3 is 0 Å². The fourth-order valence-corrected chi connectivity index (χ4v) is 3.89. The average Bonchev–Trinajstić information content (AvgIpc) is 2.48. The maximum absolute atomic E-state index is 12.5. The standard InChI is InChI=1S/C17H19BrN2O3S/c1-12-7-9-16(10-8-12)20(24(3,22)23)13(2)17(21)19-15-6-4-5-14(18)11-15/h4-11,13H,1-3H3,(H,19,21)/t13-/m1/s1. The zero-order chi connectivity index (χ0) is 17.9. The van der Waals surface area contributed by atoms with E-state index in [4.69, 9.17) is 0 Å². The van der Waals surface area contributed by atoms with E-state index in [-0.39, 0.29) is 0 Å². The first-order valence-electron chi connectivity index (χ1n) is 7.31. The highest BCUT2D eigenvalue weighted by atomic mass is 79.9. The molecule has 1 N–H and O–H groups in total. The van der Waals surface area contributed by atoms with Crippen molar-refractivity contribution in [1.82, 2.24) is 0 Å². The van der Waals surface area contributed by atoms with Crippen LogP contribution in [0.2, 0.25) is 0 Å². The number of rotatable bonds is 5. The van der Waals surface area contributed by atoms with Crippen molar-refractivity contribution < 1.29 is 13.2 Å². The van der Waals surface area contributed by atoms with Crippen LogP contribution >= 0.6 is 15.9 Å². The minimum atomic E-state index is -3.61. The Hall–Kier alpha value is -1.86. The van der Waals surface area contributed by atoms with Gasteiger partial charge in [-0.2, -0.15) is 0 Å². The molecule has 0 unspecified atom stereocenters. The first-order valence-corrected chi connectivity index (χ1v) is 9.95. The third kappa shape index (κ3) is 4.58. The third-order valence-corrected chi connectivity index (χ3v) is 5.20. The number of anilines is 2. The van der Waals surface area contributed by atoms with Crippen molar-refractivity contribution >= 4 is 43.2 Å². The Morgan fingerprint density at radius 3 is 2.33 bits per heavy atom. The number of hydrogen-bond acceptors (Lipinski definition) is 3. The number of amides is 1. The number of nitrogens with one attached hydrogen (secondary N) is 1. The van der Waals surface area contributed by atoms with Crippen LogP contribution in [-0.4, -0.2) is 26.6 Å². The molecular weight excluding hydrogens is 392 g/mol. The maximum Gasteiger partial charge on any atom is 0.247 e. The first-order chi connectivity index (χ1) is 11.2. The molecule has 5 nitrogen and oxygen atoms in total. The molecule has 1 atom stereocenters. The molecular formula is C17H19BrN2O3S. The minimum absolute atomic E-state index is 0.404. The van der Waals surface area contributed by atoms with E-state index >= 15 is 0 Å². The predicted molar refractivity (Wildman–Crippen MR) is 101 cm³/mol. The van der Waals surface area contributed by atoms with E-state index in [1.165, 1.54) is 0 Å². The largest absolute Gasteiger partial charge is 0.324 e. The van der Waals surface area contributed by atoms with Gasteiger partial charge < -0.3 is 5.32 Å². The second-order valence-corrected chi connectivity index (χ2v) is 8.35. The van der Waals surface area contributed by atoms with E-state index in [2.05, 4.69) is 21.2 Å². The van der Waals surface area contributed by atoms with Crippen LogP contribution in [0.5, 0.6) is 0 Å². The Morgan fingerprint density at radius 2 is 1.79 bits per heavy atom. The fourth-order valence-electron chi connectivity index (χ4n) is 2.31. The first kappa shape index (κ1) is 18.5. The highest BCUT2D eigenvalue weighted by Gasteiger charge is 2.29. The van der Waals surface area contributed by atoms with Crippen LogP contribution in [0.15, 0.2) is 53.0 Å². The summed E-state index contributed by atoms with van der Waals surface area (Å²) in [4.78, 5) is 12.5. The number of halogens is 1. The summed E-state index contributed by atoms with van der Waals surface area (Å²) < 4.78 is 26.4. The lowest BCUT2D eigenvalue weighted by atomic mass is 10.2. The number of benzene rings is 2. The van der Waals surface area contributed by atoms with Crippen LogP contribution < -0.4 is 9.62 Å². The van der Waals surface area contributed by atoms with Gasteiger partial charge in [0.15, 0.2) is 0 Å². The number of hydrogen-bond donors (Lipinski definition) is 1. The summed E-state index contributed by atoms with van der Waals surface area (Å²) in [7, 11) is -3.61. The van der Waals surface area contributed by atoms with Gasteiger partial charge in [0.25, 0.3) is 0 Å². The van der Waals surface area contributed by atoms with E-state index in [1.54, 1.807) is 37.3 Å². The van der Waals surface area contributed by atoms with Crippen molar-refractivity contribution in [3.8, 4) is 0 Å². The topological polar surface area (TPSA) is 66.5 Å². The fraction of sp³-hybridized carbons (Fsp3) is 0.235. The highest BCUT2D eigenvalue weighted by molar-refractivity contribution is 9.10. The van der Waals surface area contributed by atoms with Gasteiger partial charge in [-0.1, -0.05) is 39.7 Å². The lowest BCUT2D eigenvalue weighted by Gasteiger charge is -2.28. The molecule has 0 aromatic heterocycles. The summed E-state index contributed by atoms with van der Waals surface area (Å²) in [6, 6.07) is 13.2. The van der Waals surface area contributed by atoms with Gasteiger partial charge in [0.05, 0.1) is 11.9 Å². The smallest absolute Gasteiger partial charge is 0.247 e. The van der Waals surface area contributed by atoms with Crippen LogP contribution in [0, 0.1) is 6.92 Å². The molecule has 2 aromatic carbocycles. The molecule has 1 amide bonds. The van der Waals surface area contributed by atoms with Crippen LogP contribution in [0.1, 0.15) is 12.5 Å². The van der Waals surface area contributed by atoms with Gasteiger partial charge in [-0.15, -0.1) is 0 Å². The Labute approximate surface area is 150 Å². The molecule has 0 saturated heterocycles. The van der Waals surface area contributed by atoms with Crippen LogP contribution in [-0.2, 0) is 14.8 Å². The summed E-state index contributed by atoms with van der Waals surface area (Å²) in [6.45, 7) is 3.48. The minimum Gasteiger partial charge on any atom is -0.324 e. The lowest BCUT2D eigenvalue weighted by Crippen LogP contribution is -2.45. The van der Waals surface area contributed by atoms with Gasteiger partial charge in [-0.25, -0.2) is 8.42 Å². The molecule has 0 radical (unpaired) electrons. The van der Waals surface area contributed by atoms with Crippen LogP contribution in [0.3, 0.4) is 0 Å². The Bertz CT molecular complexity index is 835. The monoisotopic (exact) mass is 410 g/mol. The van der Waals surface area contributed by atoms with E-state index in [1.807, 2.05) is 25.1 Å². The van der Waals surface area contributed by atoms with Crippen molar-refractivity contribution in [2.24, 2.45) is 0 Å². The Balaban J connectivity index is 2.29. The Kier molecular flexibility index (Phi) is 5.66. The molecule has 0 heterocycles. The molecule has 7 heteroatoms. The van der Waals surface area contributed by atoms with Gasteiger partial charge in [0.1, 0.15) is 6.04 Å². The van der Waals surface area contributed by atoms with Crippen molar-refractivity contribution in [2.45, 2.75) is 19.9 Å². The summed E-state index contributed by atoms with van der Waals surface area (Å²) in [6.07, 6.45) is 1.09. The van der Waals surface area contributed by atoms with Gasteiger partial charge in [0, 0.05) is 10.2 Å². The van der Waals surface area contributed by atoms with Gasteiger partial charge in [-0.3, -0.25) is 9.10 Å². The average molecular weight is 411 g/mol. The van der Waals surface area contributed by atoms with Gasteiger partial charge in [-0.05, 0) is 44.2 Å². The quantitative estimate of drug-likeness (QED) is 0.819. The second-order valence-electron chi connectivity index (χ2n) is 5.57. The van der Waals surface area contributed by atoms with Crippen molar-refractivity contribution in [3.05, 3.63) is 58.6 Å². The third-order valence-electron chi connectivity index (χ3n) is 3.47. The maximum atomic E-state index is 12.5. The molecule has 2 rings (SSSR count). The van der Waals surface area contributed by atoms with Crippen LogP contribution in [0.4, 0.5) is 11.4 Å². The number of aryl methyl sites for hydroxylation is 1. The van der Waals surface area contributed by atoms with Crippen LogP contribution in [0.25, 0.3) is 0 Å².